The third-order valence-corrected chi connectivity index (χ3v) is 8.47. The smallest absolute Gasteiger partial charge is 0.303 e. The fourth-order valence-corrected chi connectivity index (χ4v) is 7.07. The number of hydrogen-bond donors (Lipinski definition) is 2. The molecule has 0 saturated heterocycles. The lowest BCUT2D eigenvalue weighted by atomic mass is 9.39. The lowest BCUT2D eigenvalue weighted by molar-refractivity contribution is -0.182. The van der Waals surface area contributed by atoms with Gasteiger partial charge in [-0.2, -0.15) is 0 Å². The van der Waals surface area contributed by atoms with Gasteiger partial charge in [0, 0.05) is 0 Å². The second-order valence-corrected chi connectivity index (χ2v) is 9.87. The number of carboxylic acid groups (broad SMARTS) is 1. The first-order chi connectivity index (χ1) is 11.0. The first kappa shape index (κ1) is 18.0. The van der Waals surface area contributed by atoms with Gasteiger partial charge in [-0.25, -0.2) is 0 Å². The Morgan fingerprint density at radius 3 is 2.38 bits per heavy atom. The average Bonchev–Trinajstić information content (AvgIpc) is 2.47. The van der Waals surface area contributed by atoms with Crippen molar-refractivity contribution in [3.05, 3.63) is 11.6 Å². The van der Waals surface area contributed by atoms with Gasteiger partial charge in [0.2, 0.25) is 0 Å². The Bertz CT molecular complexity index is 563. The van der Waals surface area contributed by atoms with E-state index < -0.39 is 5.97 Å². The Labute approximate surface area is 146 Å². The van der Waals surface area contributed by atoms with Crippen LogP contribution < -0.4 is 0 Å². The van der Waals surface area contributed by atoms with E-state index in [0.717, 1.165) is 32.1 Å². The van der Waals surface area contributed by atoms with E-state index in [0.29, 0.717) is 11.8 Å². The van der Waals surface area contributed by atoms with Crippen molar-refractivity contribution < 1.29 is 15.0 Å². The summed E-state index contributed by atoms with van der Waals surface area (Å²) in [5, 5.41) is 20.0. The third-order valence-electron chi connectivity index (χ3n) is 8.47. The molecule has 0 aromatic heterocycles. The molecule has 0 amide bonds. The lowest BCUT2D eigenvalue weighted by Crippen LogP contribution is -2.60. The molecule has 0 spiro atoms. The minimum absolute atomic E-state index is 0.0488. The topological polar surface area (TPSA) is 57.5 Å². The summed E-state index contributed by atoms with van der Waals surface area (Å²) in [6, 6.07) is 0. The van der Waals surface area contributed by atoms with Crippen LogP contribution >= 0.6 is 0 Å². The van der Waals surface area contributed by atoms with Crippen LogP contribution in [0.4, 0.5) is 0 Å². The summed E-state index contributed by atoms with van der Waals surface area (Å²) < 4.78 is 0. The zero-order chi connectivity index (χ0) is 17.9. The van der Waals surface area contributed by atoms with Crippen LogP contribution in [0.5, 0.6) is 0 Å². The number of fused-ring (bicyclic) bond motifs is 3. The van der Waals surface area contributed by atoms with Gasteiger partial charge >= 0.3 is 5.97 Å². The van der Waals surface area contributed by atoms with E-state index in [-0.39, 0.29) is 34.7 Å². The van der Waals surface area contributed by atoms with Crippen molar-refractivity contribution in [2.24, 2.45) is 34.0 Å². The number of aliphatic carboxylic acids is 1. The summed E-state index contributed by atoms with van der Waals surface area (Å²) in [5.74, 6) is 0.510. The number of rotatable bonds is 2. The highest BCUT2D eigenvalue weighted by atomic mass is 16.4. The van der Waals surface area contributed by atoms with Crippen LogP contribution in [0.2, 0.25) is 0 Å². The molecule has 0 radical (unpaired) electrons. The van der Waals surface area contributed by atoms with Crippen LogP contribution in [0.15, 0.2) is 11.6 Å². The van der Waals surface area contributed by atoms with Crippen molar-refractivity contribution in [2.45, 2.75) is 79.2 Å². The van der Waals surface area contributed by atoms with E-state index in [1.54, 1.807) is 0 Å². The molecule has 136 valence electrons. The fraction of sp³-hybridized carbons (Fsp3) is 0.857. The Morgan fingerprint density at radius 1 is 1.12 bits per heavy atom. The van der Waals surface area contributed by atoms with Crippen LogP contribution in [0.25, 0.3) is 0 Å². The molecule has 0 heterocycles. The quantitative estimate of drug-likeness (QED) is 0.723. The van der Waals surface area contributed by atoms with Crippen molar-refractivity contribution in [3.8, 4) is 0 Å². The maximum atomic E-state index is 11.5. The predicted molar refractivity (Wildman–Crippen MR) is 95.6 cm³/mol. The van der Waals surface area contributed by atoms with Gasteiger partial charge in [0.25, 0.3) is 0 Å². The van der Waals surface area contributed by atoms with Gasteiger partial charge < -0.3 is 10.2 Å². The summed E-state index contributed by atoms with van der Waals surface area (Å²) in [4.78, 5) is 11.5. The zero-order valence-corrected chi connectivity index (χ0v) is 15.9. The molecule has 0 aliphatic heterocycles. The van der Waals surface area contributed by atoms with E-state index in [9.17, 15) is 15.0 Å². The van der Waals surface area contributed by atoms with Crippen molar-refractivity contribution in [2.75, 3.05) is 0 Å². The SMILES string of the molecule is CC1=CC[C@H]2[C@@](C)(CC[C@H]3C(C)(C)[C@@H](O)CC[C@]23C)[C@@H]1CC(=O)O. The number of aliphatic hydroxyl groups excluding tert-OH is 1. The minimum atomic E-state index is -0.679. The molecule has 3 heteroatoms. The molecule has 3 rings (SSSR count). The molecule has 2 fully saturated rings. The highest BCUT2D eigenvalue weighted by molar-refractivity contribution is 5.67. The summed E-state index contributed by atoms with van der Waals surface area (Å²) in [6.07, 6.45) is 7.55. The molecule has 6 atom stereocenters. The molecular weight excluding hydrogens is 300 g/mol. The number of carboxylic acids is 1. The van der Waals surface area contributed by atoms with E-state index in [4.69, 9.17) is 0 Å². The summed E-state index contributed by atoms with van der Waals surface area (Å²) in [5.41, 5.74) is 1.49. The van der Waals surface area contributed by atoms with Crippen LogP contribution in [-0.4, -0.2) is 22.3 Å². The Hall–Kier alpha value is -0.830. The van der Waals surface area contributed by atoms with E-state index in [1.807, 2.05) is 0 Å². The van der Waals surface area contributed by atoms with Crippen LogP contribution in [0, 0.1) is 34.0 Å². The number of carbonyl (C=O) groups is 1. The van der Waals surface area contributed by atoms with Gasteiger partial charge in [0.15, 0.2) is 0 Å². The molecule has 0 unspecified atom stereocenters. The predicted octanol–water partition coefficient (Wildman–Crippen LogP) is 4.65. The highest BCUT2D eigenvalue weighted by Gasteiger charge is 2.62. The van der Waals surface area contributed by atoms with Gasteiger partial charge in [-0.05, 0) is 73.0 Å². The summed E-state index contributed by atoms with van der Waals surface area (Å²) in [6.45, 7) is 11.4. The highest BCUT2D eigenvalue weighted by Crippen LogP contribution is 2.68. The summed E-state index contributed by atoms with van der Waals surface area (Å²) >= 11 is 0. The van der Waals surface area contributed by atoms with Gasteiger partial charge in [-0.1, -0.05) is 39.3 Å². The molecule has 0 aromatic carbocycles. The number of hydrogen-bond acceptors (Lipinski definition) is 2. The third kappa shape index (κ3) is 2.38. The minimum Gasteiger partial charge on any atom is -0.481 e. The molecule has 3 nitrogen and oxygen atoms in total. The molecule has 0 aromatic rings. The Kier molecular flexibility index (Phi) is 4.18. The standard InChI is InChI=1S/C21H34O3/c1-13-6-7-16-20(4,14(13)12-18(23)24)10-8-15-19(2,3)17(22)9-11-21(15,16)5/h6,14-17,22H,7-12H2,1-5H3,(H,23,24)/t14-,15+,16+,17+,20+,21+/m1/s1. The molecule has 2 N–H and O–H groups in total. The van der Waals surface area contributed by atoms with Crippen LogP contribution in [0.1, 0.15) is 73.1 Å². The molecule has 3 aliphatic carbocycles. The van der Waals surface area contributed by atoms with Crippen molar-refractivity contribution >= 4 is 5.97 Å². The second kappa shape index (κ2) is 5.59. The van der Waals surface area contributed by atoms with Crippen molar-refractivity contribution in [1.29, 1.82) is 0 Å². The Morgan fingerprint density at radius 2 is 1.75 bits per heavy atom. The van der Waals surface area contributed by atoms with Gasteiger partial charge in [-0.3, -0.25) is 4.79 Å². The first-order valence-corrected chi connectivity index (χ1v) is 9.60. The fourth-order valence-electron chi connectivity index (χ4n) is 7.07. The first-order valence-electron chi connectivity index (χ1n) is 9.60. The van der Waals surface area contributed by atoms with E-state index in [2.05, 4.69) is 40.7 Å². The maximum absolute atomic E-state index is 11.5. The molecule has 0 bridgehead atoms. The second-order valence-electron chi connectivity index (χ2n) is 9.87. The largest absolute Gasteiger partial charge is 0.481 e. The number of allylic oxidation sites excluding steroid dienone is 2. The molecule has 24 heavy (non-hydrogen) atoms. The van der Waals surface area contributed by atoms with Gasteiger partial charge in [0.05, 0.1) is 12.5 Å². The molecule has 3 aliphatic rings. The summed E-state index contributed by atoms with van der Waals surface area (Å²) in [7, 11) is 0. The Balaban J connectivity index is 2.01. The van der Waals surface area contributed by atoms with Crippen molar-refractivity contribution in [3.63, 3.8) is 0 Å². The zero-order valence-electron chi connectivity index (χ0n) is 15.9. The maximum Gasteiger partial charge on any atom is 0.303 e. The number of aliphatic hydroxyl groups is 1. The van der Waals surface area contributed by atoms with E-state index in [1.165, 1.54) is 5.57 Å². The average molecular weight is 335 g/mol. The lowest BCUT2D eigenvalue weighted by Gasteiger charge is -2.66. The molecule has 2 saturated carbocycles. The van der Waals surface area contributed by atoms with Gasteiger partial charge in [-0.15, -0.1) is 0 Å². The van der Waals surface area contributed by atoms with Gasteiger partial charge in [0.1, 0.15) is 0 Å². The monoisotopic (exact) mass is 334 g/mol. The normalized spacial score (nSPS) is 47.3. The van der Waals surface area contributed by atoms with Crippen molar-refractivity contribution in [1.82, 2.24) is 0 Å². The van der Waals surface area contributed by atoms with Crippen LogP contribution in [0.3, 0.4) is 0 Å². The van der Waals surface area contributed by atoms with Crippen LogP contribution in [-0.2, 0) is 4.79 Å². The van der Waals surface area contributed by atoms with E-state index >= 15 is 0 Å². The molecular formula is C21H34O3.